The molecule has 686 valence electrons. The number of alkyl halides is 3. The summed E-state index contributed by atoms with van der Waals surface area (Å²) in [6.45, 7) is 22.4. The van der Waals surface area contributed by atoms with Crippen molar-refractivity contribution in [2.45, 2.75) is 213 Å². The van der Waals surface area contributed by atoms with Crippen molar-refractivity contribution in [2.75, 3.05) is 79.5 Å². The average molecular weight is 1740 g/mol. The Bertz CT molecular complexity index is 4050. The summed E-state index contributed by atoms with van der Waals surface area (Å²) in [5.74, 6) is -10.9. The summed E-state index contributed by atoms with van der Waals surface area (Å²) in [6.07, 6.45) is -2.77. The second-order valence-corrected chi connectivity index (χ2v) is 33.0. The lowest BCUT2D eigenvalue weighted by Crippen LogP contribution is -2.57. The Balaban J connectivity index is 0.000000526. The highest BCUT2D eigenvalue weighted by atomic mass is 19.4. The van der Waals surface area contributed by atoms with E-state index < -0.39 is 143 Å². The predicted octanol–water partition coefficient (Wildman–Crippen LogP) is 5.47. The van der Waals surface area contributed by atoms with E-state index in [1.807, 2.05) is 149 Å². The Hall–Kier alpha value is -11.4. The number of unbranched alkanes of at least 4 members (excludes halogenated alkanes) is 2. The first kappa shape index (κ1) is 107. The molecule has 4 aromatic rings. The van der Waals surface area contributed by atoms with Gasteiger partial charge in [-0.05, 0) is 153 Å². The monoisotopic (exact) mass is 1740 g/mol. The number of carboxylic acids is 2. The molecule has 2 aliphatic heterocycles. The topological polar surface area (TPSA) is 485 Å². The minimum atomic E-state index is -5.08. The van der Waals surface area contributed by atoms with Crippen LogP contribution in [0.15, 0.2) is 121 Å². The fourth-order valence-corrected chi connectivity index (χ4v) is 13.0. The Morgan fingerprint density at radius 1 is 0.452 bits per heavy atom. The third-order valence-electron chi connectivity index (χ3n) is 19.2. The number of carbonyl (C=O) groups is 15. The molecule has 0 aromatic heterocycles. The number of ketones is 2. The maximum Gasteiger partial charge on any atom is 0.490 e. The van der Waals surface area contributed by atoms with Crippen molar-refractivity contribution in [3.05, 3.63) is 144 Å². The Labute approximate surface area is 724 Å². The van der Waals surface area contributed by atoms with Crippen molar-refractivity contribution < 1.29 is 105 Å². The van der Waals surface area contributed by atoms with Crippen molar-refractivity contribution in [3.8, 4) is 0 Å². The van der Waals surface area contributed by atoms with E-state index in [9.17, 15) is 85.4 Å². The number of rotatable bonds is 38. The maximum absolute atomic E-state index is 14.1. The van der Waals surface area contributed by atoms with Gasteiger partial charge in [0.05, 0.1) is 18.1 Å². The third kappa shape index (κ3) is 43.1. The number of Topliss-reactive ketones (excluding diaryl/α,β-unsaturated/α-hetero) is 2. The van der Waals surface area contributed by atoms with E-state index in [4.69, 9.17) is 30.8 Å². The van der Waals surface area contributed by atoms with Crippen LogP contribution in [0.4, 0.5) is 22.8 Å². The Morgan fingerprint density at radius 3 is 1.19 bits per heavy atom. The van der Waals surface area contributed by atoms with Crippen LogP contribution in [-0.4, -0.2) is 247 Å². The van der Waals surface area contributed by atoms with Gasteiger partial charge in [0.25, 0.3) is 0 Å². The van der Waals surface area contributed by atoms with Crippen LogP contribution in [-0.2, 0) is 97.5 Å². The number of nitrogens with two attached hydrogens (primary N) is 2. The lowest BCUT2D eigenvalue weighted by atomic mass is 9.88. The van der Waals surface area contributed by atoms with Gasteiger partial charge in [-0.1, -0.05) is 149 Å². The summed E-state index contributed by atoms with van der Waals surface area (Å²) < 4.78 is 42.4. The fourth-order valence-electron chi connectivity index (χ4n) is 13.0. The van der Waals surface area contributed by atoms with E-state index in [-0.39, 0.29) is 94.8 Å². The third-order valence-corrected chi connectivity index (χ3v) is 19.2. The highest BCUT2D eigenvalue weighted by molar-refractivity contribution is 6.35. The fraction of sp³-hybridized carbons (Fsp3) is 0.557. The number of halogens is 3. The minimum absolute atomic E-state index is 0.00815. The number of hydrogen-bond donors (Lipinski definition) is 13. The van der Waals surface area contributed by atoms with E-state index in [2.05, 4.69) is 47.9 Å². The van der Waals surface area contributed by atoms with E-state index in [0.717, 1.165) is 35.3 Å². The van der Waals surface area contributed by atoms with Crippen molar-refractivity contribution in [3.63, 3.8) is 0 Å². The molecular weight excluding hydrogens is 1610 g/mol. The minimum Gasteiger partial charge on any atom is -0.480 e. The number of alkyl carbamates (subject to hydrolysis) is 2. The number of hydrogen-bond acceptors (Lipinski definition) is 20. The quantitative estimate of drug-likeness (QED) is 0.0195. The molecule has 0 radical (unpaired) electrons. The second kappa shape index (κ2) is 55.0. The summed E-state index contributed by atoms with van der Waals surface area (Å²) in [7, 11) is 2.85. The largest absolute Gasteiger partial charge is 0.490 e. The highest BCUT2D eigenvalue weighted by Gasteiger charge is 2.40. The molecule has 11 amide bonds. The predicted molar refractivity (Wildman–Crippen MR) is 458 cm³/mol. The number of nitrogens with zero attached hydrogens (tertiary/aromatic N) is 3. The van der Waals surface area contributed by atoms with Crippen LogP contribution < -0.4 is 59.3 Å². The highest BCUT2D eigenvalue weighted by Crippen LogP contribution is 2.24. The molecular formula is C88H129F3N14O19. The average Bonchev–Trinajstić information content (AvgIpc) is 0.845. The SMILES string of the molecule is CC(C)C[C@@H](CC(=O)[C@@H](Cc1ccccc1)NC(=O)[C@@H](Cc1ccccc1)NC(=O)OC(C)(C)C)C(=O)N[C@H](CCCCNC(=O)OC(C)(C)C)C(=O)O.CNC(=O)C(=O)N1CCN(C(=O)[C@@H](CCCCN)NC(=O)[C@H](CC(=O)[C@@H](Cc2ccccc2)NC(=O)[C@H](N)Cc2ccccc2)CC(C)C)CC1.CNC(=O)C(=O)N1CCNCC1.O=C(O)C(F)(F)F. The second-order valence-electron chi connectivity index (χ2n) is 33.0. The normalized spacial score (nSPS) is 14.6. The van der Waals surface area contributed by atoms with Gasteiger partial charge in [-0.25, -0.2) is 19.2 Å². The van der Waals surface area contributed by atoms with Gasteiger partial charge >= 0.3 is 53.9 Å². The molecule has 4 aromatic carbocycles. The van der Waals surface area contributed by atoms with Gasteiger partial charge < -0.3 is 93.7 Å². The van der Waals surface area contributed by atoms with Crippen LogP contribution in [0, 0.1) is 23.7 Å². The lowest BCUT2D eigenvalue weighted by molar-refractivity contribution is -0.192. The van der Waals surface area contributed by atoms with Gasteiger partial charge in [-0.2, -0.15) is 13.2 Å². The molecule has 8 atom stereocenters. The number of aliphatic carboxylic acids is 2. The summed E-state index contributed by atoms with van der Waals surface area (Å²) >= 11 is 0. The molecule has 0 aliphatic carbocycles. The molecule has 6 rings (SSSR count). The van der Waals surface area contributed by atoms with E-state index in [1.165, 1.54) is 19.0 Å². The first-order chi connectivity index (χ1) is 58.3. The number of carboxylic acid groups (broad SMARTS) is 2. The van der Waals surface area contributed by atoms with Crippen molar-refractivity contribution in [2.24, 2.45) is 35.1 Å². The number of ether oxygens (including phenoxy) is 2. The van der Waals surface area contributed by atoms with E-state index in [1.54, 1.807) is 51.3 Å². The number of amides is 11. The smallest absolute Gasteiger partial charge is 0.480 e. The molecule has 0 bridgehead atoms. The van der Waals surface area contributed by atoms with Gasteiger partial charge in [0, 0.05) is 104 Å². The molecule has 33 nitrogen and oxygen atoms in total. The Morgan fingerprint density at radius 2 is 0.806 bits per heavy atom. The number of nitrogens with one attached hydrogen (secondary N) is 9. The van der Waals surface area contributed by atoms with Crippen LogP contribution in [0.1, 0.15) is 156 Å². The van der Waals surface area contributed by atoms with Gasteiger partial charge in [0.1, 0.15) is 29.3 Å². The zero-order valence-electron chi connectivity index (χ0n) is 73.3. The standard InChI is InChI=1S/C41H60N4O9.C38H55N7O6.C7H13N3O2.C2HF3O2/c1-27(2)23-30(35(47)43-31(37(49)50)21-15-16-22-42-38(51)53-40(3,4)5)26-34(46)32(24-28-17-11-9-12-18-28)44-36(48)33(25-29-19-13-10-14-20-29)45-39(52)54-41(6,7)8;1-26(2)22-29(34(47)42-31(16-10-11-17-39)37(50)44-18-20-45(21-19-44)38(51)36(49)41-3)25-33(46)32(24-28-14-8-5-9-15-28)43-35(48)30(40)23-27-12-6-4-7-13-27;1-8-6(11)7(12)10-4-2-9-3-5-10;3-2(4,5)1(6)7/h9-14,17-20,27,30-33H,15-16,21-26H2,1-8H3,(H,42,51)(H,43,47)(H,44,48)(H,45,52)(H,49,50);4-9,12-15,26,29-32H,10-11,16-25,39-40H2,1-3H3,(H,41,49)(H,42,47)(H,43,48);9H,2-5H2,1H3,(H,8,11);(H,6,7)/t30-,31+,32+,33+;29-,30+,31+,32+;;/m00../s1. The zero-order chi connectivity index (χ0) is 92.9. The van der Waals surface area contributed by atoms with Crippen LogP contribution >= 0.6 is 0 Å². The summed E-state index contributed by atoms with van der Waals surface area (Å²) in [4.78, 5) is 193. The molecule has 0 spiro atoms. The maximum atomic E-state index is 14.1. The summed E-state index contributed by atoms with van der Waals surface area (Å²) in [6, 6.07) is 31.0. The lowest BCUT2D eigenvalue weighted by Gasteiger charge is -2.36. The van der Waals surface area contributed by atoms with Crippen molar-refractivity contribution in [1.29, 1.82) is 0 Å². The van der Waals surface area contributed by atoms with Crippen LogP contribution in [0.25, 0.3) is 0 Å². The molecule has 15 N–H and O–H groups in total. The molecule has 124 heavy (non-hydrogen) atoms. The molecule has 2 saturated heterocycles. The summed E-state index contributed by atoms with van der Waals surface area (Å²) in [5.41, 5.74) is 13.8. The van der Waals surface area contributed by atoms with Gasteiger partial charge in [-0.3, -0.25) is 52.7 Å². The number of carbonyl (C=O) groups excluding carboxylic acids is 13. The molecule has 2 heterocycles. The van der Waals surface area contributed by atoms with Gasteiger partial charge in [-0.15, -0.1) is 0 Å². The van der Waals surface area contributed by atoms with Crippen molar-refractivity contribution >= 4 is 88.9 Å². The number of likely N-dealkylation sites (N-methyl/N-ethyl adjacent to an activating group) is 2. The van der Waals surface area contributed by atoms with E-state index >= 15 is 0 Å². The molecule has 0 unspecified atom stereocenters. The molecule has 0 saturated carbocycles. The number of benzene rings is 4. The van der Waals surface area contributed by atoms with Gasteiger partial charge in [0.15, 0.2) is 11.6 Å². The first-order valence-electron chi connectivity index (χ1n) is 41.7. The van der Waals surface area contributed by atoms with Crippen LogP contribution in [0.3, 0.4) is 0 Å². The first-order valence-corrected chi connectivity index (χ1v) is 41.7. The van der Waals surface area contributed by atoms with Crippen LogP contribution in [0.2, 0.25) is 0 Å². The molecule has 2 fully saturated rings. The zero-order valence-corrected chi connectivity index (χ0v) is 73.3. The van der Waals surface area contributed by atoms with Crippen molar-refractivity contribution in [1.82, 2.24) is 62.6 Å². The van der Waals surface area contributed by atoms with Gasteiger partial charge in [0.2, 0.25) is 29.5 Å². The number of piperazine rings is 2. The molecule has 2 aliphatic rings. The Kier molecular flexibility index (Phi) is 47.3. The molecule has 36 heteroatoms. The van der Waals surface area contributed by atoms with E-state index in [0.29, 0.717) is 71.0 Å². The summed E-state index contributed by atoms with van der Waals surface area (Å²) in [5, 5.41) is 41.4. The van der Waals surface area contributed by atoms with Crippen LogP contribution in [0.5, 0.6) is 0 Å².